The molecular formula is C15H21FN2O3. The summed E-state index contributed by atoms with van der Waals surface area (Å²) >= 11 is 0. The molecule has 2 rings (SSSR count). The lowest BCUT2D eigenvalue weighted by Gasteiger charge is -2.13. The Morgan fingerprint density at radius 1 is 1.43 bits per heavy atom. The minimum Gasteiger partial charge on any atom is -0.488 e. The molecule has 1 atom stereocenters. The summed E-state index contributed by atoms with van der Waals surface area (Å²) in [7, 11) is 0. The number of rotatable bonds is 9. The number of amides is 1. The van der Waals surface area contributed by atoms with Crippen LogP contribution in [0.2, 0.25) is 0 Å². The van der Waals surface area contributed by atoms with Gasteiger partial charge in [0.25, 0.3) is 0 Å². The molecule has 0 radical (unpaired) electrons. The lowest BCUT2D eigenvalue weighted by molar-refractivity contribution is -0.121. The van der Waals surface area contributed by atoms with Crippen molar-refractivity contribution in [1.29, 1.82) is 0 Å². The first kappa shape index (κ1) is 15.7. The summed E-state index contributed by atoms with van der Waals surface area (Å²) in [5, 5.41) is 15.6. The molecular weight excluding hydrogens is 275 g/mol. The largest absolute Gasteiger partial charge is 0.488 e. The molecule has 0 heterocycles. The fourth-order valence-corrected chi connectivity index (χ4v) is 1.80. The minimum atomic E-state index is -0.754. The van der Waals surface area contributed by atoms with Crippen LogP contribution < -0.4 is 15.4 Å². The molecule has 1 aliphatic rings. The molecule has 21 heavy (non-hydrogen) atoms. The Labute approximate surface area is 123 Å². The van der Waals surface area contributed by atoms with E-state index in [1.165, 1.54) is 12.1 Å². The van der Waals surface area contributed by atoms with Crippen molar-refractivity contribution in [2.75, 3.05) is 19.7 Å². The van der Waals surface area contributed by atoms with Gasteiger partial charge in [-0.2, -0.15) is 0 Å². The number of nitrogens with one attached hydrogen (secondary N) is 2. The van der Waals surface area contributed by atoms with E-state index in [9.17, 15) is 14.3 Å². The number of hydrogen-bond donors (Lipinski definition) is 3. The van der Waals surface area contributed by atoms with Crippen LogP contribution >= 0.6 is 0 Å². The molecule has 1 unspecified atom stereocenters. The SMILES string of the molecule is O=C(CCNCC(O)COc1ccccc1F)NC1CC1. The standard InChI is InChI=1S/C15H21FN2O3/c16-13-3-1-2-4-14(13)21-10-12(19)9-17-8-7-15(20)18-11-5-6-11/h1-4,11-12,17,19H,5-10H2,(H,18,20). The van der Waals surface area contributed by atoms with Crippen LogP contribution in [0, 0.1) is 5.82 Å². The molecule has 1 aromatic rings. The Bertz CT molecular complexity index is 466. The summed E-state index contributed by atoms with van der Waals surface area (Å²) in [6, 6.07) is 6.43. The Morgan fingerprint density at radius 2 is 2.19 bits per heavy atom. The van der Waals surface area contributed by atoms with E-state index in [0.717, 1.165) is 12.8 Å². The fourth-order valence-electron chi connectivity index (χ4n) is 1.80. The molecule has 1 aromatic carbocycles. The number of benzene rings is 1. The maximum Gasteiger partial charge on any atom is 0.221 e. The molecule has 3 N–H and O–H groups in total. The van der Waals surface area contributed by atoms with E-state index in [-0.39, 0.29) is 18.3 Å². The van der Waals surface area contributed by atoms with Gasteiger partial charge in [-0.25, -0.2) is 4.39 Å². The van der Waals surface area contributed by atoms with Gasteiger partial charge in [-0.15, -0.1) is 0 Å². The van der Waals surface area contributed by atoms with Gasteiger partial charge in [0.15, 0.2) is 11.6 Å². The highest BCUT2D eigenvalue weighted by Crippen LogP contribution is 2.18. The molecule has 0 saturated heterocycles. The number of aliphatic hydroxyl groups is 1. The highest BCUT2D eigenvalue weighted by molar-refractivity contribution is 5.76. The van der Waals surface area contributed by atoms with Crippen LogP contribution in [0.25, 0.3) is 0 Å². The molecule has 0 bridgehead atoms. The number of carbonyl (C=O) groups is 1. The van der Waals surface area contributed by atoms with Crippen molar-refractivity contribution in [3.05, 3.63) is 30.1 Å². The van der Waals surface area contributed by atoms with Gasteiger partial charge in [-0.05, 0) is 25.0 Å². The Balaban J connectivity index is 1.54. The quantitative estimate of drug-likeness (QED) is 0.590. The third kappa shape index (κ3) is 6.10. The molecule has 0 aliphatic heterocycles. The molecule has 5 nitrogen and oxygen atoms in total. The zero-order chi connectivity index (χ0) is 15.1. The zero-order valence-electron chi connectivity index (χ0n) is 11.8. The number of halogens is 1. The average Bonchev–Trinajstić information content (AvgIpc) is 3.26. The molecule has 1 saturated carbocycles. The second-order valence-electron chi connectivity index (χ2n) is 5.19. The van der Waals surface area contributed by atoms with Crippen molar-refractivity contribution in [3.63, 3.8) is 0 Å². The van der Waals surface area contributed by atoms with Gasteiger partial charge < -0.3 is 20.5 Å². The van der Waals surface area contributed by atoms with E-state index in [2.05, 4.69) is 10.6 Å². The number of carbonyl (C=O) groups excluding carboxylic acids is 1. The molecule has 1 amide bonds. The predicted molar refractivity (Wildman–Crippen MR) is 76.6 cm³/mol. The highest BCUT2D eigenvalue weighted by Gasteiger charge is 2.22. The van der Waals surface area contributed by atoms with Crippen LogP contribution in [-0.2, 0) is 4.79 Å². The monoisotopic (exact) mass is 296 g/mol. The Hall–Kier alpha value is -1.66. The minimum absolute atomic E-state index is 0.00219. The molecule has 0 aromatic heterocycles. The number of aliphatic hydroxyl groups excluding tert-OH is 1. The third-order valence-electron chi connectivity index (χ3n) is 3.12. The van der Waals surface area contributed by atoms with Crippen LogP contribution in [0.15, 0.2) is 24.3 Å². The lowest BCUT2D eigenvalue weighted by atomic mass is 10.3. The van der Waals surface area contributed by atoms with E-state index < -0.39 is 11.9 Å². The number of ether oxygens (including phenoxy) is 1. The number of para-hydroxylation sites is 1. The second-order valence-corrected chi connectivity index (χ2v) is 5.19. The molecule has 1 aliphatic carbocycles. The van der Waals surface area contributed by atoms with Crippen molar-refractivity contribution in [1.82, 2.24) is 10.6 Å². The van der Waals surface area contributed by atoms with E-state index in [4.69, 9.17) is 4.74 Å². The summed E-state index contributed by atoms with van der Waals surface area (Å²) in [5.74, 6) is -0.295. The zero-order valence-corrected chi connectivity index (χ0v) is 11.8. The van der Waals surface area contributed by atoms with Crippen LogP contribution in [0.1, 0.15) is 19.3 Å². The Morgan fingerprint density at radius 3 is 2.90 bits per heavy atom. The molecule has 0 spiro atoms. The van der Waals surface area contributed by atoms with Gasteiger partial charge in [0.05, 0.1) is 0 Å². The summed E-state index contributed by atoms with van der Waals surface area (Å²) in [6.45, 7) is 0.794. The first-order valence-corrected chi connectivity index (χ1v) is 7.20. The van der Waals surface area contributed by atoms with Crippen molar-refractivity contribution in [3.8, 4) is 5.75 Å². The normalized spacial score (nSPS) is 15.5. The van der Waals surface area contributed by atoms with Gasteiger partial charge in [-0.3, -0.25) is 4.79 Å². The summed E-state index contributed by atoms with van der Waals surface area (Å²) in [6.07, 6.45) is 1.78. The van der Waals surface area contributed by atoms with E-state index in [0.29, 0.717) is 25.6 Å². The van der Waals surface area contributed by atoms with Gasteiger partial charge in [0.2, 0.25) is 5.91 Å². The lowest BCUT2D eigenvalue weighted by Crippen LogP contribution is -2.34. The van der Waals surface area contributed by atoms with Crippen LogP contribution in [0.4, 0.5) is 4.39 Å². The van der Waals surface area contributed by atoms with Gasteiger partial charge in [0, 0.05) is 25.6 Å². The van der Waals surface area contributed by atoms with Crippen LogP contribution in [0.5, 0.6) is 5.75 Å². The van der Waals surface area contributed by atoms with Gasteiger partial charge in [0.1, 0.15) is 12.7 Å². The fraction of sp³-hybridized carbons (Fsp3) is 0.533. The second kappa shape index (κ2) is 7.95. The van der Waals surface area contributed by atoms with Crippen molar-refractivity contribution < 1.29 is 19.0 Å². The summed E-state index contributed by atoms with van der Waals surface area (Å²) in [4.78, 5) is 11.4. The molecule has 1 fully saturated rings. The first-order valence-electron chi connectivity index (χ1n) is 7.20. The summed E-state index contributed by atoms with van der Waals surface area (Å²) < 4.78 is 18.5. The smallest absolute Gasteiger partial charge is 0.221 e. The average molecular weight is 296 g/mol. The van der Waals surface area contributed by atoms with Crippen LogP contribution in [0.3, 0.4) is 0 Å². The van der Waals surface area contributed by atoms with Gasteiger partial charge in [-0.1, -0.05) is 12.1 Å². The van der Waals surface area contributed by atoms with E-state index >= 15 is 0 Å². The number of hydrogen-bond acceptors (Lipinski definition) is 4. The topological polar surface area (TPSA) is 70.6 Å². The molecule has 116 valence electrons. The van der Waals surface area contributed by atoms with Crippen molar-refractivity contribution >= 4 is 5.91 Å². The Kier molecular flexibility index (Phi) is 5.95. The highest BCUT2D eigenvalue weighted by atomic mass is 19.1. The first-order chi connectivity index (χ1) is 10.1. The predicted octanol–water partition coefficient (Wildman–Crippen LogP) is 0.824. The maximum atomic E-state index is 13.3. The van der Waals surface area contributed by atoms with Crippen molar-refractivity contribution in [2.24, 2.45) is 0 Å². The maximum absolute atomic E-state index is 13.3. The van der Waals surface area contributed by atoms with Crippen molar-refractivity contribution in [2.45, 2.75) is 31.4 Å². The van der Waals surface area contributed by atoms with E-state index in [1.54, 1.807) is 12.1 Å². The van der Waals surface area contributed by atoms with Crippen LogP contribution in [-0.4, -0.2) is 42.9 Å². The molecule has 6 heteroatoms. The van der Waals surface area contributed by atoms with E-state index in [1.807, 2.05) is 0 Å². The van der Waals surface area contributed by atoms with Gasteiger partial charge >= 0.3 is 0 Å². The third-order valence-corrected chi connectivity index (χ3v) is 3.12. The summed E-state index contributed by atoms with van der Waals surface area (Å²) in [5.41, 5.74) is 0.